The Kier molecular flexibility index (Phi) is 9.11. The Morgan fingerprint density at radius 3 is 1.30 bits per heavy atom. The summed E-state index contributed by atoms with van der Waals surface area (Å²) in [4.78, 5) is 21.4. The van der Waals surface area contributed by atoms with Crippen molar-refractivity contribution in [1.82, 2.24) is 0 Å². The number of aliphatic hydroxyl groups excluding tert-OH is 2. The first kappa shape index (κ1) is 23.2. The molecule has 162 valence electrons. The van der Waals surface area contributed by atoms with E-state index in [0.29, 0.717) is 11.5 Å². The fourth-order valence-corrected chi connectivity index (χ4v) is 2.40. The molecule has 2 aromatic carbocycles. The number of rotatable bonds is 11. The Hall–Kier alpha value is -3.10. The molecule has 2 rings (SSSR count). The molecular weight excluding hydrogens is 392 g/mol. The molecule has 0 radical (unpaired) electrons. The number of aliphatic hydroxyl groups is 2. The van der Waals surface area contributed by atoms with Gasteiger partial charge in [0.15, 0.2) is 0 Å². The van der Waals surface area contributed by atoms with Crippen molar-refractivity contribution in [2.45, 2.75) is 26.1 Å². The summed E-state index contributed by atoms with van der Waals surface area (Å²) < 4.78 is 20.4. The summed E-state index contributed by atoms with van der Waals surface area (Å²) >= 11 is 0. The molecule has 2 unspecified atom stereocenters. The number of carbonyl (C=O) groups excluding carboxylic acids is 2. The van der Waals surface area contributed by atoms with Crippen LogP contribution in [0.15, 0.2) is 48.5 Å². The summed E-state index contributed by atoms with van der Waals surface area (Å²) in [5, 5.41) is 19.4. The number of hydrogen-bond donors (Lipinski definition) is 2. The smallest absolute Gasteiger partial charge is 0.302 e. The standard InChI is InChI=1S/C22H26O8/c1-15(23)27-11-19(25)13-29-21-7-3-17(4-8-21)18-5-9-22(10-6-18)30-14-20(26)12-28-16(2)24/h3-10,19-20,25-26H,11-14H2,1-2H3. The molecule has 0 saturated heterocycles. The van der Waals surface area contributed by atoms with Crippen molar-refractivity contribution >= 4 is 11.9 Å². The number of carbonyl (C=O) groups is 2. The van der Waals surface area contributed by atoms with Crippen molar-refractivity contribution < 1.29 is 38.7 Å². The Morgan fingerprint density at radius 2 is 1.00 bits per heavy atom. The average molecular weight is 418 g/mol. The number of ether oxygens (including phenoxy) is 4. The van der Waals surface area contributed by atoms with E-state index in [1.807, 2.05) is 24.3 Å². The van der Waals surface area contributed by atoms with Gasteiger partial charge in [0, 0.05) is 13.8 Å². The second kappa shape index (κ2) is 11.8. The lowest BCUT2D eigenvalue weighted by Crippen LogP contribution is -2.24. The fourth-order valence-electron chi connectivity index (χ4n) is 2.40. The molecule has 30 heavy (non-hydrogen) atoms. The monoisotopic (exact) mass is 418 g/mol. The van der Waals surface area contributed by atoms with Crippen molar-refractivity contribution in [2.24, 2.45) is 0 Å². The van der Waals surface area contributed by atoms with Crippen LogP contribution in [0.25, 0.3) is 11.1 Å². The van der Waals surface area contributed by atoms with Crippen LogP contribution < -0.4 is 9.47 Å². The van der Waals surface area contributed by atoms with Gasteiger partial charge in [-0.25, -0.2) is 0 Å². The molecule has 0 aliphatic rings. The maximum absolute atomic E-state index is 10.7. The van der Waals surface area contributed by atoms with Crippen LogP contribution in [0.4, 0.5) is 0 Å². The first-order valence-electron chi connectivity index (χ1n) is 9.42. The van der Waals surface area contributed by atoms with E-state index in [1.54, 1.807) is 24.3 Å². The summed E-state index contributed by atoms with van der Waals surface area (Å²) in [6.07, 6.45) is -1.79. The molecule has 0 saturated carbocycles. The van der Waals surface area contributed by atoms with E-state index in [9.17, 15) is 19.8 Å². The predicted octanol–water partition coefficient (Wildman–Crippen LogP) is 1.96. The number of benzene rings is 2. The minimum atomic E-state index is -0.895. The highest BCUT2D eigenvalue weighted by atomic mass is 16.6. The molecule has 0 amide bonds. The molecule has 2 aromatic rings. The zero-order valence-electron chi connectivity index (χ0n) is 16.9. The van der Waals surface area contributed by atoms with Crippen molar-refractivity contribution in [1.29, 1.82) is 0 Å². The van der Waals surface area contributed by atoms with E-state index >= 15 is 0 Å². The van der Waals surface area contributed by atoms with Crippen molar-refractivity contribution in [3.63, 3.8) is 0 Å². The Balaban J connectivity index is 1.82. The van der Waals surface area contributed by atoms with Crippen molar-refractivity contribution in [2.75, 3.05) is 26.4 Å². The van der Waals surface area contributed by atoms with Gasteiger partial charge < -0.3 is 29.2 Å². The zero-order chi connectivity index (χ0) is 21.9. The van der Waals surface area contributed by atoms with Gasteiger partial charge in [-0.05, 0) is 35.4 Å². The molecule has 0 aromatic heterocycles. The van der Waals surface area contributed by atoms with E-state index in [2.05, 4.69) is 0 Å². The van der Waals surface area contributed by atoms with Gasteiger partial charge in [0.2, 0.25) is 0 Å². The van der Waals surface area contributed by atoms with E-state index in [1.165, 1.54) is 13.8 Å². The Bertz CT molecular complexity index is 731. The first-order chi connectivity index (χ1) is 14.3. The summed E-state index contributed by atoms with van der Waals surface area (Å²) in [6.45, 7) is 2.37. The molecule has 8 nitrogen and oxygen atoms in total. The largest absolute Gasteiger partial charge is 0.491 e. The van der Waals surface area contributed by atoms with Crippen LogP contribution in [0, 0.1) is 0 Å². The molecule has 0 aliphatic carbocycles. The van der Waals surface area contributed by atoms with E-state index in [-0.39, 0.29) is 26.4 Å². The van der Waals surface area contributed by atoms with Gasteiger partial charge >= 0.3 is 11.9 Å². The highest BCUT2D eigenvalue weighted by Crippen LogP contribution is 2.24. The van der Waals surface area contributed by atoms with Crippen LogP contribution in [-0.2, 0) is 19.1 Å². The molecule has 0 heterocycles. The maximum atomic E-state index is 10.7. The second-order valence-electron chi connectivity index (χ2n) is 6.58. The quantitative estimate of drug-likeness (QED) is 0.533. The number of esters is 2. The van der Waals surface area contributed by atoms with E-state index in [4.69, 9.17) is 18.9 Å². The third-order valence-corrected chi connectivity index (χ3v) is 3.88. The Morgan fingerprint density at radius 1 is 0.667 bits per heavy atom. The third kappa shape index (κ3) is 8.50. The van der Waals surface area contributed by atoms with Crippen LogP contribution in [0.2, 0.25) is 0 Å². The SMILES string of the molecule is CC(=O)OCC(O)COc1ccc(-c2ccc(OCC(O)COC(C)=O)cc2)cc1. The van der Waals surface area contributed by atoms with E-state index < -0.39 is 24.1 Å². The summed E-state index contributed by atoms with van der Waals surface area (Å²) in [5.41, 5.74) is 1.92. The molecule has 8 heteroatoms. The van der Waals surface area contributed by atoms with Crippen molar-refractivity contribution in [3.05, 3.63) is 48.5 Å². The molecule has 0 aliphatic heterocycles. The molecule has 0 spiro atoms. The lowest BCUT2D eigenvalue weighted by Gasteiger charge is -2.13. The molecule has 0 fully saturated rings. The minimum absolute atomic E-state index is 0.0158. The highest BCUT2D eigenvalue weighted by Gasteiger charge is 2.09. The van der Waals surface area contributed by atoms with Gasteiger partial charge in [0.1, 0.15) is 50.1 Å². The predicted molar refractivity (Wildman–Crippen MR) is 108 cm³/mol. The molecular formula is C22H26O8. The van der Waals surface area contributed by atoms with Crippen LogP contribution in [-0.4, -0.2) is 60.8 Å². The average Bonchev–Trinajstić information content (AvgIpc) is 2.74. The van der Waals surface area contributed by atoms with Crippen LogP contribution in [0.5, 0.6) is 11.5 Å². The van der Waals surface area contributed by atoms with Gasteiger partial charge in [0.05, 0.1) is 0 Å². The van der Waals surface area contributed by atoms with Gasteiger partial charge in [-0.3, -0.25) is 9.59 Å². The fraction of sp³-hybridized carbons (Fsp3) is 0.364. The highest BCUT2D eigenvalue weighted by molar-refractivity contribution is 5.66. The topological polar surface area (TPSA) is 112 Å². The van der Waals surface area contributed by atoms with Crippen LogP contribution >= 0.6 is 0 Å². The summed E-state index contributed by atoms with van der Waals surface area (Å²) in [6, 6.07) is 14.7. The van der Waals surface area contributed by atoms with Crippen LogP contribution in [0.3, 0.4) is 0 Å². The Labute approximate surface area is 175 Å². The number of hydrogen-bond acceptors (Lipinski definition) is 8. The van der Waals surface area contributed by atoms with Gasteiger partial charge in [-0.15, -0.1) is 0 Å². The summed E-state index contributed by atoms with van der Waals surface area (Å²) in [5.74, 6) is 0.269. The molecule has 2 atom stereocenters. The van der Waals surface area contributed by atoms with Gasteiger partial charge in [-0.1, -0.05) is 24.3 Å². The molecule has 0 bridgehead atoms. The van der Waals surface area contributed by atoms with E-state index in [0.717, 1.165) is 11.1 Å². The van der Waals surface area contributed by atoms with Gasteiger partial charge in [-0.2, -0.15) is 0 Å². The van der Waals surface area contributed by atoms with Crippen molar-refractivity contribution in [3.8, 4) is 22.6 Å². The van der Waals surface area contributed by atoms with Gasteiger partial charge in [0.25, 0.3) is 0 Å². The lowest BCUT2D eigenvalue weighted by atomic mass is 10.1. The summed E-state index contributed by atoms with van der Waals surface area (Å²) in [7, 11) is 0. The van der Waals surface area contributed by atoms with Crippen LogP contribution in [0.1, 0.15) is 13.8 Å². The maximum Gasteiger partial charge on any atom is 0.302 e. The normalized spacial score (nSPS) is 12.5. The lowest BCUT2D eigenvalue weighted by molar-refractivity contribution is -0.145. The second-order valence-corrected chi connectivity index (χ2v) is 6.58. The minimum Gasteiger partial charge on any atom is -0.491 e. The first-order valence-corrected chi connectivity index (χ1v) is 9.42. The third-order valence-electron chi connectivity index (χ3n) is 3.88. The molecule has 2 N–H and O–H groups in total. The zero-order valence-corrected chi connectivity index (χ0v) is 16.9.